The van der Waals surface area contributed by atoms with Crippen molar-refractivity contribution in [3.8, 4) is 0 Å². The van der Waals surface area contributed by atoms with Crippen LogP contribution in [0.4, 0.5) is 4.79 Å². The summed E-state index contributed by atoms with van der Waals surface area (Å²) in [6.45, 7) is 6.81. The summed E-state index contributed by atoms with van der Waals surface area (Å²) in [6.07, 6.45) is 2.57. The third kappa shape index (κ3) is 5.92. The maximum Gasteiger partial charge on any atom is 0.318 e. The Labute approximate surface area is 123 Å². The van der Waals surface area contributed by atoms with Gasteiger partial charge >= 0.3 is 6.03 Å². The van der Waals surface area contributed by atoms with Crippen LogP contribution in [0.15, 0.2) is 40.5 Å². The van der Waals surface area contributed by atoms with Gasteiger partial charge in [0, 0.05) is 17.2 Å². The second-order valence-corrected chi connectivity index (χ2v) is 5.64. The molecule has 0 saturated heterocycles. The number of urea groups is 1. The molecule has 0 saturated carbocycles. The predicted octanol–water partition coefficient (Wildman–Crippen LogP) is 3.85. The molecule has 0 atom stereocenters. The highest BCUT2D eigenvalue weighted by atomic mass is 79.9. The van der Waals surface area contributed by atoms with Gasteiger partial charge in [-0.05, 0) is 30.9 Å². The highest BCUT2D eigenvalue weighted by molar-refractivity contribution is 9.10. The molecular weight excluding hydrogens is 304 g/mol. The van der Waals surface area contributed by atoms with Crippen molar-refractivity contribution in [2.75, 3.05) is 6.54 Å². The van der Waals surface area contributed by atoms with E-state index in [4.69, 9.17) is 0 Å². The Morgan fingerprint density at radius 2 is 2.05 bits per heavy atom. The van der Waals surface area contributed by atoms with Gasteiger partial charge in [-0.25, -0.2) is 4.79 Å². The first-order valence-electron chi connectivity index (χ1n) is 6.45. The first kappa shape index (κ1) is 15.8. The number of carbonyl (C=O) groups is 1. The van der Waals surface area contributed by atoms with Crippen molar-refractivity contribution in [3.05, 3.63) is 46.1 Å². The molecule has 104 valence electrons. The van der Waals surface area contributed by atoms with Gasteiger partial charge < -0.3 is 10.6 Å². The van der Waals surface area contributed by atoms with Crippen molar-refractivity contribution in [2.45, 2.75) is 27.2 Å². The van der Waals surface area contributed by atoms with Gasteiger partial charge in [0.25, 0.3) is 0 Å². The zero-order valence-corrected chi connectivity index (χ0v) is 13.3. The second kappa shape index (κ2) is 8.00. The number of rotatable bonds is 5. The van der Waals surface area contributed by atoms with Gasteiger partial charge in [-0.3, -0.25) is 0 Å². The fraction of sp³-hybridized carbons (Fsp3) is 0.400. The Balaban J connectivity index is 2.32. The normalized spacial score (nSPS) is 11.5. The summed E-state index contributed by atoms with van der Waals surface area (Å²) in [6, 6.07) is 7.87. The zero-order chi connectivity index (χ0) is 14.3. The van der Waals surface area contributed by atoms with Crippen LogP contribution < -0.4 is 10.6 Å². The molecule has 0 radical (unpaired) electrons. The van der Waals surface area contributed by atoms with Crippen molar-refractivity contribution < 1.29 is 4.79 Å². The summed E-state index contributed by atoms with van der Waals surface area (Å²) in [7, 11) is 0. The first-order valence-corrected chi connectivity index (χ1v) is 7.24. The van der Waals surface area contributed by atoms with Crippen molar-refractivity contribution >= 4 is 22.0 Å². The van der Waals surface area contributed by atoms with E-state index in [1.807, 2.05) is 31.2 Å². The highest BCUT2D eigenvalue weighted by Crippen LogP contribution is 2.15. The second-order valence-electron chi connectivity index (χ2n) is 4.78. The van der Waals surface area contributed by atoms with Gasteiger partial charge in [-0.1, -0.05) is 53.5 Å². The minimum Gasteiger partial charge on any atom is -0.338 e. The maximum atomic E-state index is 11.6. The van der Waals surface area contributed by atoms with Crippen molar-refractivity contribution in [1.29, 1.82) is 0 Å². The summed E-state index contributed by atoms with van der Waals surface area (Å²) in [5.41, 5.74) is 2.35. The summed E-state index contributed by atoms with van der Waals surface area (Å²) in [5.74, 6) is 0.445. The number of benzene rings is 1. The summed E-state index contributed by atoms with van der Waals surface area (Å²) in [5, 5.41) is 5.58. The van der Waals surface area contributed by atoms with Crippen LogP contribution in [-0.4, -0.2) is 12.6 Å². The molecular formula is C15H21BrN2O. The van der Waals surface area contributed by atoms with E-state index in [9.17, 15) is 4.79 Å². The monoisotopic (exact) mass is 324 g/mol. The van der Waals surface area contributed by atoms with Crippen LogP contribution in [0.25, 0.3) is 0 Å². The predicted molar refractivity (Wildman–Crippen MR) is 83.0 cm³/mol. The minimum atomic E-state index is -0.160. The molecule has 0 bridgehead atoms. The van der Waals surface area contributed by atoms with Crippen LogP contribution in [0, 0.1) is 5.92 Å². The van der Waals surface area contributed by atoms with Crippen LogP contribution in [0.3, 0.4) is 0 Å². The van der Waals surface area contributed by atoms with Gasteiger partial charge in [0.15, 0.2) is 0 Å². The fourth-order valence-corrected chi connectivity index (χ4v) is 1.89. The molecule has 0 unspecified atom stereocenters. The number of hydrogen-bond acceptors (Lipinski definition) is 1. The molecule has 1 aromatic rings. The third-order valence-corrected chi connectivity index (χ3v) is 3.75. The molecule has 19 heavy (non-hydrogen) atoms. The summed E-state index contributed by atoms with van der Waals surface area (Å²) in [4.78, 5) is 11.6. The van der Waals surface area contributed by atoms with Crippen LogP contribution >= 0.6 is 15.9 Å². The van der Waals surface area contributed by atoms with Gasteiger partial charge in [0.2, 0.25) is 0 Å². The lowest BCUT2D eigenvalue weighted by molar-refractivity contribution is 0.244. The van der Waals surface area contributed by atoms with E-state index in [0.717, 1.165) is 16.5 Å². The molecule has 3 nitrogen and oxygen atoms in total. The average molecular weight is 325 g/mol. The molecule has 0 heterocycles. The molecule has 4 heteroatoms. The Bertz CT molecular complexity index is 455. The van der Waals surface area contributed by atoms with E-state index in [0.29, 0.717) is 12.5 Å². The van der Waals surface area contributed by atoms with Crippen LogP contribution in [0.5, 0.6) is 0 Å². The Hall–Kier alpha value is -1.29. The van der Waals surface area contributed by atoms with E-state index < -0.39 is 0 Å². The van der Waals surface area contributed by atoms with Crippen LogP contribution in [0.1, 0.15) is 26.3 Å². The third-order valence-electron chi connectivity index (χ3n) is 2.98. The van der Waals surface area contributed by atoms with E-state index >= 15 is 0 Å². The fourth-order valence-electron chi connectivity index (χ4n) is 1.41. The maximum absolute atomic E-state index is 11.6. The van der Waals surface area contributed by atoms with Gasteiger partial charge in [0.1, 0.15) is 0 Å². The van der Waals surface area contributed by atoms with Gasteiger partial charge in [0.05, 0.1) is 0 Å². The minimum absolute atomic E-state index is 0.160. The van der Waals surface area contributed by atoms with E-state index in [1.165, 1.54) is 5.56 Å². The van der Waals surface area contributed by atoms with Crippen LogP contribution in [-0.2, 0) is 6.42 Å². The quantitative estimate of drug-likeness (QED) is 0.848. The number of hydrogen-bond donors (Lipinski definition) is 2. The molecule has 0 aliphatic heterocycles. The number of nitrogens with one attached hydrogen (secondary N) is 2. The smallest absolute Gasteiger partial charge is 0.318 e. The van der Waals surface area contributed by atoms with Crippen molar-refractivity contribution in [3.63, 3.8) is 0 Å². The Kier molecular flexibility index (Phi) is 6.64. The Morgan fingerprint density at radius 1 is 1.37 bits per heavy atom. The lowest BCUT2D eigenvalue weighted by Gasteiger charge is -2.08. The molecule has 2 amide bonds. The lowest BCUT2D eigenvalue weighted by atomic mass is 10.1. The largest absolute Gasteiger partial charge is 0.338 e. The zero-order valence-electron chi connectivity index (χ0n) is 11.7. The number of allylic oxidation sites excluding steroid dienone is 1. The molecule has 0 aliphatic carbocycles. The van der Waals surface area contributed by atoms with Crippen molar-refractivity contribution in [1.82, 2.24) is 10.6 Å². The van der Waals surface area contributed by atoms with Gasteiger partial charge in [-0.2, -0.15) is 0 Å². The topological polar surface area (TPSA) is 41.1 Å². The molecule has 2 N–H and O–H groups in total. The molecule has 0 spiro atoms. The highest BCUT2D eigenvalue weighted by Gasteiger charge is 2.01. The Morgan fingerprint density at radius 3 is 2.68 bits per heavy atom. The van der Waals surface area contributed by atoms with E-state index in [1.54, 1.807) is 6.20 Å². The van der Waals surface area contributed by atoms with Crippen molar-refractivity contribution in [2.24, 2.45) is 5.92 Å². The summed E-state index contributed by atoms with van der Waals surface area (Å²) >= 11 is 3.49. The first-order chi connectivity index (χ1) is 9.00. The van der Waals surface area contributed by atoms with E-state index in [-0.39, 0.29) is 6.03 Å². The van der Waals surface area contributed by atoms with E-state index in [2.05, 4.69) is 40.4 Å². The van der Waals surface area contributed by atoms with Gasteiger partial charge in [-0.15, -0.1) is 0 Å². The SMILES string of the molecule is C/C(=C\NC(=O)NCCc1ccccc1Br)C(C)C. The summed E-state index contributed by atoms with van der Waals surface area (Å²) < 4.78 is 1.08. The molecule has 0 aromatic heterocycles. The molecule has 0 aliphatic rings. The number of amides is 2. The molecule has 0 fully saturated rings. The standard InChI is InChI=1S/C15H21BrN2O/c1-11(2)12(3)10-18-15(19)17-9-8-13-6-4-5-7-14(13)16/h4-7,10-11H,8-9H2,1-3H3,(H2,17,18,19)/b12-10+. The average Bonchev–Trinajstić information content (AvgIpc) is 2.38. The molecule has 1 aromatic carbocycles. The number of carbonyl (C=O) groups excluding carboxylic acids is 1. The molecule has 1 rings (SSSR count). The number of halogens is 1. The van der Waals surface area contributed by atoms with Crippen LogP contribution in [0.2, 0.25) is 0 Å². The lowest BCUT2D eigenvalue weighted by Crippen LogP contribution is -2.33.